The monoisotopic (exact) mass is 322 g/mol. The van der Waals surface area contributed by atoms with E-state index in [1.54, 1.807) is 0 Å². The fourth-order valence-corrected chi connectivity index (χ4v) is 5.95. The van der Waals surface area contributed by atoms with Crippen molar-refractivity contribution >= 4 is 0 Å². The van der Waals surface area contributed by atoms with Crippen molar-refractivity contribution in [2.24, 2.45) is 28.6 Å². The quantitative estimate of drug-likeness (QED) is 0.778. The van der Waals surface area contributed by atoms with Crippen LogP contribution in [0, 0.1) is 28.6 Å². The van der Waals surface area contributed by atoms with Crippen molar-refractivity contribution < 1.29 is 14.9 Å². The molecule has 0 amide bonds. The van der Waals surface area contributed by atoms with E-state index < -0.39 is 0 Å². The second-order valence-electron chi connectivity index (χ2n) is 8.83. The smallest absolute Gasteiger partial charge is 0.0618 e. The summed E-state index contributed by atoms with van der Waals surface area (Å²) in [5, 5.41) is 20.6. The van der Waals surface area contributed by atoms with Gasteiger partial charge in [-0.1, -0.05) is 26.0 Å². The SMILES string of the molecule is C=C1CCC2C(C)(CO)C(O)CCC2(C)C1CCC1CCOC1. The zero-order valence-electron chi connectivity index (χ0n) is 14.9. The lowest BCUT2D eigenvalue weighted by Gasteiger charge is -2.60. The molecule has 0 bridgehead atoms. The first-order valence-corrected chi connectivity index (χ1v) is 9.46. The van der Waals surface area contributed by atoms with Crippen LogP contribution in [0.15, 0.2) is 12.2 Å². The normalized spacial score (nSPS) is 47.6. The molecular weight excluding hydrogens is 288 g/mol. The second kappa shape index (κ2) is 6.50. The van der Waals surface area contributed by atoms with Crippen molar-refractivity contribution in [1.29, 1.82) is 0 Å². The maximum atomic E-state index is 10.5. The number of aliphatic hydroxyl groups excluding tert-OH is 2. The third-order valence-corrected chi connectivity index (χ3v) is 7.58. The molecule has 0 aromatic carbocycles. The molecule has 2 N–H and O–H groups in total. The standard InChI is InChI=1S/C20H34O3/c1-14-4-7-17-19(2,10-8-18(22)20(17,3)13-21)16(14)6-5-15-9-11-23-12-15/h15-18,21-22H,1,4-13H2,2-3H3. The Balaban J connectivity index is 1.79. The molecule has 0 radical (unpaired) electrons. The first-order chi connectivity index (χ1) is 10.9. The van der Waals surface area contributed by atoms with E-state index in [0.717, 1.165) is 38.9 Å². The molecule has 3 aliphatic rings. The molecule has 3 fully saturated rings. The average molecular weight is 322 g/mol. The molecule has 132 valence electrons. The van der Waals surface area contributed by atoms with Gasteiger partial charge in [0.15, 0.2) is 0 Å². The van der Waals surface area contributed by atoms with E-state index in [4.69, 9.17) is 4.74 Å². The van der Waals surface area contributed by atoms with E-state index in [1.165, 1.54) is 24.8 Å². The van der Waals surface area contributed by atoms with E-state index in [0.29, 0.717) is 17.8 Å². The maximum absolute atomic E-state index is 10.5. The lowest BCUT2D eigenvalue weighted by atomic mass is 9.46. The third-order valence-electron chi connectivity index (χ3n) is 7.58. The van der Waals surface area contributed by atoms with E-state index in [9.17, 15) is 10.2 Å². The molecule has 3 nitrogen and oxygen atoms in total. The Morgan fingerprint density at radius 2 is 2.00 bits per heavy atom. The summed E-state index contributed by atoms with van der Waals surface area (Å²) in [4.78, 5) is 0. The molecule has 2 aliphatic carbocycles. The summed E-state index contributed by atoms with van der Waals surface area (Å²) < 4.78 is 5.53. The Hall–Kier alpha value is -0.380. The van der Waals surface area contributed by atoms with Gasteiger partial charge in [0.25, 0.3) is 0 Å². The Bertz CT molecular complexity index is 442. The van der Waals surface area contributed by atoms with Crippen molar-refractivity contribution in [3.8, 4) is 0 Å². The number of fused-ring (bicyclic) bond motifs is 1. The Kier molecular flexibility index (Phi) is 4.93. The topological polar surface area (TPSA) is 49.7 Å². The Morgan fingerprint density at radius 3 is 2.65 bits per heavy atom. The molecule has 0 spiro atoms. The van der Waals surface area contributed by atoms with Crippen LogP contribution in [0.2, 0.25) is 0 Å². The van der Waals surface area contributed by atoms with E-state index in [-0.39, 0.29) is 23.5 Å². The van der Waals surface area contributed by atoms with Crippen LogP contribution in [-0.2, 0) is 4.74 Å². The van der Waals surface area contributed by atoms with Gasteiger partial charge in [0.05, 0.1) is 12.7 Å². The molecule has 23 heavy (non-hydrogen) atoms. The van der Waals surface area contributed by atoms with Crippen LogP contribution in [0.1, 0.15) is 58.8 Å². The van der Waals surface area contributed by atoms with E-state index in [2.05, 4.69) is 20.4 Å². The van der Waals surface area contributed by atoms with E-state index >= 15 is 0 Å². The number of rotatable bonds is 4. The van der Waals surface area contributed by atoms with Gasteiger partial charge in [-0.15, -0.1) is 0 Å². The summed E-state index contributed by atoms with van der Waals surface area (Å²) in [6, 6.07) is 0. The molecule has 0 aromatic heterocycles. The van der Waals surface area contributed by atoms with Crippen molar-refractivity contribution in [1.82, 2.24) is 0 Å². The van der Waals surface area contributed by atoms with Crippen molar-refractivity contribution in [3.63, 3.8) is 0 Å². The summed E-state index contributed by atoms with van der Waals surface area (Å²) in [6.07, 6.45) is 7.22. The minimum absolute atomic E-state index is 0.0874. The molecule has 1 saturated heterocycles. The van der Waals surface area contributed by atoms with Gasteiger partial charge in [-0.05, 0) is 68.1 Å². The number of hydrogen-bond donors (Lipinski definition) is 2. The molecular formula is C20H34O3. The molecule has 3 rings (SSSR count). The Morgan fingerprint density at radius 1 is 1.22 bits per heavy atom. The van der Waals surface area contributed by atoms with Crippen LogP contribution in [0.4, 0.5) is 0 Å². The minimum atomic E-state index is -0.374. The van der Waals surface area contributed by atoms with Gasteiger partial charge in [-0.25, -0.2) is 0 Å². The second-order valence-corrected chi connectivity index (χ2v) is 8.83. The van der Waals surface area contributed by atoms with Crippen molar-refractivity contribution in [2.75, 3.05) is 19.8 Å². The van der Waals surface area contributed by atoms with Crippen molar-refractivity contribution in [2.45, 2.75) is 64.9 Å². The van der Waals surface area contributed by atoms with Gasteiger partial charge < -0.3 is 14.9 Å². The number of aliphatic hydroxyl groups is 2. The van der Waals surface area contributed by atoms with Crippen LogP contribution in [0.5, 0.6) is 0 Å². The highest BCUT2D eigenvalue weighted by atomic mass is 16.5. The fourth-order valence-electron chi connectivity index (χ4n) is 5.95. The number of allylic oxidation sites excluding steroid dienone is 1. The first-order valence-electron chi connectivity index (χ1n) is 9.46. The molecule has 2 saturated carbocycles. The predicted molar refractivity (Wildman–Crippen MR) is 92.1 cm³/mol. The van der Waals surface area contributed by atoms with Gasteiger partial charge in [-0.2, -0.15) is 0 Å². The molecule has 1 aliphatic heterocycles. The molecule has 6 atom stereocenters. The molecule has 1 heterocycles. The van der Waals surface area contributed by atoms with Crippen LogP contribution in [-0.4, -0.2) is 36.1 Å². The summed E-state index contributed by atoms with van der Waals surface area (Å²) in [7, 11) is 0. The van der Waals surface area contributed by atoms with Crippen LogP contribution < -0.4 is 0 Å². The Labute approximate surface area is 141 Å². The fraction of sp³-hybridized carbons (Fsp3) is 0.900. The highest BCUT2D eigenvalue weighted by molar-refractivity contribution is 5.17. The highest BCUT2D eigenvalue weighted by Gasteiger charge is 2.57. The lowest BCUT2D eigenvalue weighted by molar-refractivity contribution is -0.152. The summed E-state index contributed by atoms with van der Waals surface area (Å²) >= 11 is 0. The predicted octanol–water partition coefficient (Wildman–Crippen LogP) is 3.55. The van der Waals surface area contributed by atoms with Gasteiger partial charge >= 0.3 is 0 Å². The zero-order valence-corrected chi connectivity index (χ0v) is 14.9. The van der Waals surface area contributed by atoms with Crippen LogP contribution in [0.3, 0.4) is 0 Å². The van der Waals surface area contributed by atoms with Crippen LogP contribution >= 0.6 is 0 Å². The number of hydrogen-bond acceptors (Lipinski definition) is 3. The van der Waals surface area contributed by atoms with Gasteiger partial charge in [0.1, 0.15) is 0 Å². The largest absolute Gasteiger partial charge is 0.396 e. The minimum Gasteiger partial charge on any atom is -0.396 e. The average Bonchev–Trinajstić information content (AvgIpc) is 3.04. The third kappa shape index (κ3) is 2.89. The van der Waals surface area contributed by atoms with Gasteiger partial charge in [-0.3, -0.25) is 0 Å². The maximum Gasteiger partial charge on any atom is 0.0618 e. The van der Waals surface area contributed by atoms with Crippen LogP contribution in [0.25, 0.3) is 0 Å². The van der Waals surface area contributed by atoms with Gasteiger partial charge in [0, 0.05) is 18.6 Å². The van der Waals surface area contributed by atoms with E-state index in [1.807, 2.05) is 0 Å². The number of ether oxygens (including phenoxy) is 1. The molecule has 3 heteroatoms. The zero-order chi connectivity index (χ0) is 16.7. The highest BCUT2D eigenvalue weighted by Crippen LogP contribution is 2.61. The summed E-state index contributed by atoms with van der Waals surface area (Å²) in [5.74, 6) is 1.63. The molecule has 6 unspecified atom stereocenters. The molecule has 0 aromatic rings. The van der Waals surface area contributed by atoms with Gasteiger partial charge in [0.2, 0.25) is 0 Å². The summed E-state index contributed by atoms with van der Waals surface area (Å²) in [6.45, 7) is 10.8. The van der Waals surface area contributed by atoms with Crippen molar-refractivity contribution in [3.05, 3.63) is 12.2 Å². The summed E-state index contributed by atoms with van der Waals surface area (Å²) in [5.41, 5.74) is 1.22. The lowest BCUT2D eigenvalue weighted by Crippen LogP contribution is -2.57. The first kappa shape index (κ1) is 17.4.